The zero-order chi connectivity index (χ0) is 12.3. The molecule has 0 aromatic carbocycles. The van der Waals surface area contributed by atoms with Crippen LogP contribution in [0.2, 0.25) is 0 Å². The fraction of sp³-hybridized carbons (Fsp3) is 1.00. The van der Waals surface area contributed by atoms with Gasteiger partial charge < -0.3 is 19.5 Å². The first-order valence-electron chi connectivity index (χ1n) is 6.89. The third kappa shape index (κ3) is 6.36. The van der Waals surface area contributed by atoms with E-state index >= 15 is 0 Å². The van der Waals surface area contributed by atoms with Crippen molar-refractivity contribution in [1.29, 1.82) is 0 Å². The van der Waals surface area contributed by atoms with Crippen LogP contribution in [-0.4, -0.2) is 51.7 Å². The fourth-order valence-electron chi connectivity index (χ4n) is 1.94. The average Bonchev–Trinajstić information content (AvgIpc) is 2.37. The quantitative estimate of drug-likeness (QED) is 0.626. The van der Waals surface area contributed by atoms with Crippen LogP contribution in [0.4, 0.5) is 0 Å². The molecule has 1 N–H and O–H groups in total. The Hall–Kier alpha value is -0.160. The molecule has 1 heterocycles. The van der Waals surface area contributed by atoms with Crippen LogP contribution >= 0.6 is 0 Å². The minimum absolute atomic E-state index is 0.181. The molecule has 4 nitrogen and oxygen atoms in total. The van der Waals surface area contributed by atoms with Crippen LogP contribution in [0.25, 0.3) is 0 Å². The van der Waals surface area contributed by atoms with Crippen LogP contribution in [0.5, 0.6) is 0 Å². The predicted molar refractivity (Wildman–Crippen MR) is 68.4 cm³/mol. The largest absolute Gasteiger partial charge is 0.379 e. The van der Waals surface area contributed by atoms with Gasteiger partial charge in [-0.2, -0.15) is 0 Å². The highest BCUT2D eigenvalue weighted by atomic mass is 16.6. The molecule has 17 heavy (non-hydrogen) atoms. The molecule has 1 aliphatic rings. The fourth-order valence-corrected chi connectivity index (χ4v) is 1.94. The van der Waals surface area contributed by atoms with Crippen molar-refractivity contribution in [2.24, 2.45) is 0 Å². The van der Waals surface area contributed by atoms with E-state index in [-0.39, 0.29) is 6.10 Å². The van der Waals surface area contributed by atoms with Crippen molar-refractivity contribution >= 4 is 0 Å². The van der Waals surface area contributed by atoms with Gasteiger partial charge >= 0.3 is 0 Å². The minimum Gasteiger partial charge on any atom is -0.379 e. The molecule has 0 radical (unpaired) electrons. The topological polar surface area (TPSA) is 39.7 Å². The summed E-state index contributed by atoms with van der Waals surface area (Å²) in [7, 11) is 0. The smallest absolute Gasteiger partial charge is 0.0962 e. The van der Waals surface area contributed by atoms with Crippen molar-refractivity contribution in [3.8, 4) is 0 Å². The molecule has 1 saturated heterocycles. The average molecular weight is 245 g/mol. The molecule has 2 unspecified atom stereocenters. The summed E-state index contributed by atoms with van der Waals surface area (Å²) in [4.78, 5) is 0. The van der Waals surface area contributed by atoms with Gasteiger partial charge in [-0.25, -0.2) is 0 Å². The molecule has 0 aromatic heterocycles. The maximum absolute atomic E-state index is 5.83. The van der Waals surface area contributed by atoms with Crippen molar-refractivity contribution in [3.63, 3.8) is 0 Å². The van der Waals surface area contributed by atoms with E-state index in [2.05, 4.69) is 19.2 Å². The van der Waals surface area contributed by atoms with Crippen LogP contribution in [-0.2, 0) is 14.2 Å². The molecule has 4 heteroatoms. The Morgan fingerprint density at radius 1 is 1.18 bits per heavy atom. The first kappa shape index (κ1) is 14.9. The van der Waals surface area contributed by atoms with Gasteiger partial charge in [0.15, 0.2) is 0 Å². The third-order valence-corrected chi connectivity index (χ3v) is 2.87. The zero-order valence-electron chi connectivity index (χ0n) is 11.2. The Bertz CT molecular complexity index is 178. The van der Waals surface area contributed by atoms with Crippen LogP contribution in [0.1, 0.15) is 33.1 Å². The number of hydrogen-bond donors (Lipinski definition) is 1. The summed E-state index contributed by atoms with van der Waals surface area (Å²) in [5.41, 5.74) is 0. The summed E-state index contributed by atoms with van der Waals surface area (Å²) in [6.07, 6.45) is 3.44. The lowest BCUT2D eigenvalue weighted by Gasteiger charge is -2.32. The van der Waals surface area contributed by atoms with Crippen LogP contribution in [0.3, 0.4) is 0 Å². The molecule has 0 amide bonds. The van der Waals surface area contributed by atoms with Gasteiger partial charge in [-0.1, -0.05) is 13.8 Å². The molecule has 1 fully saturated rings. The van der Waals surface area contributed by atoms with E-state index in [1.807, 2.05) is 0 Å². The van der Waals surface area contributed by atoms with Gasteiger partial charge in [0.05, 0.1) is 25.9 Å². The summed E-state index contributed by atoms with van der Waals surface area (Å²) in [5, 5.41) is 3.53. The van der Waals surface area contributed by atoms with Gasteiger partial charge in [-0.15, -0.1) is 0 Å². The standard InChI is InChI=1S/C13H27NO3/c1-3-6-14-12-5-8-16-11-13(12)17-10-9-15-7-4-2/h12-14H,3-11H2,1-2H3. The van der Waals surface area contributed by atoms with Crippen molar-refractivity contribution in [1.82, 2.24) is 5.32 Å². The maximum atomic E-state index is 5.83. The van der Waals surface area contributed by atoms with E-state index in [9.17, 15) is 0 Å². The van der Waals surface area contributed by atoms with E-state index in [0.29, 0.717) is 25.9 Å². The lowest BCUT2D eigenvalue weighted by molar-refractivity contribution is -0.0810. The van der Waals surface area contributed by atoms with Crippen LogP contribution < -0.4 is 5.32 Å². The molecular formula is C13H27NO3. The molecular weight excluding hydrogens is 218 g/mol. The molecule has 0 spiro atoms. The van der Waals surface area contributed by atoms with Crippen LogP contribution in [0, 0.1) is 0 Å². The SMILES string of the molecule is CCCNC1CCOCC1OCCOCCC. The summed E-state index contributed by atoms with van der Waals surface area (Å²) < 4.78 is 16.7. The Balaban J connectivity index is 2.13. The van der Waals surface area contributed by atoms with Crippen LogP contribution in [0.15, 0.2) is 0 Å². The number of ether oxygens (including phenoxy) is 3. The lowest BCUT2D eigenvalue weighted by atomic mass is 10.1. The monoisotopic (exact) mass is 245 g/mol. The molecule has 2 atom stereocenters. The van der Waals surface area contributed by atoms with E-state index in [1.165, 1.54) is 0 Å². The molecule has 0 saturated carbocycles. The highest BCUT2D eigenvalue weighted by Gasteiger charge is 2.25. The van der Waals surface area contributed by atoms with E-state index in [1.54, 1.807) is 0 Å². The van der Waals surface area contributed by atoms with E-state index in [0.717, 1.165) is 39.0 Å². The Morgan fingerprint density at radius 2 is 2.06 bits per heavy atom. The van der Waals surface area contributed by atoms with Gasteiger partial charge in [0, 0.05) is 19.3 Å². The summed E-state index contributed by atoms with van der Waals surface area (Å²) in [6, 6.07) is 0.440. The molecule has 0 bridgehead atoms. The number of hydrogen-bond acceptors (Lipinski definition) is 4. The van der Waals surface area contributed by atoms with Gasteiger partial charge in [-0.05, 0) is 25.8 Å². The second-order valence-electron chi connectivity index (χ2n) is 4.45. The highest BCUT2D eigenvalue weighted by molar-refractivity contribution is 4.80. The van der Waals surface area contributed by atoms with Gasteiger partial charge in [-0.3, -0.25) is 0 Å². The lowest BCUT2D eigenvalue weighted by Crippen LogP contribution is -2.48. The zero-order valence-corrected chi connectivity index (χ0v) is 11.2. The molecule has 0 aromatic rings. The van der Waals surface area contributed by atoms with E-state index in [4.69, 9.17) is 14.2 Å². The Labute approximate surface area is 105 Å². The second kappa shape index (κ2) is 9.83. The number of rotatable bonds is 9. The first-order valence-corrected chi connectivity index (χ1v) is 6.89. The Morgan fingerprint density at radius 3 is 2.82 bits per heavy atom. The molecule has 1 aliphatic heterocycles. The summed E-state index contributed by atoms with van der Waals surface area (Å²) >= 11 is 0. The number of nitrogens with one attached hydrogen (secondary N) is 1. The molecule has 0 aliphatic carbocycles. The normalized spacial score (nSPS) is 25.1. The van der Waals surface area contributed by atoms with Crippen molar-refractivity contribution in [3.05, 3.63) is 0 Å². The minimum atomic E-state index is 0.181. The third-order valence-electron chi connectivity index (χ3n) is 2.87. The van der Waals surface area contributed by atoms with Crippen molar-refractivity contribution < 1.29 is 14.2 Å². The van der Waals surface area contributed by atoms with Gasteiger partial charge in [0.2, 0.25) is 0 Å². The predicted octanol–water partition coefficient (Wildman–Crippen LogP) is 1.59. The highest BCUT2D eigenvalue weighted by Crippen LogP contribution is 2.11. The van der Waals surface area contributed by atoms with Crippen molar-refractivity contribution in [2.45, 2.75) is 45.3 Å². The summed E-state index contributed by atoms with van der Waals surface area (Å²) in [5.74, 6) is 0. The second-order valence-corrected chi connectivity index (χ2v) is 4.45. The first-order chi connectivity index (χ1) is 8.38. The van der Waals surface area contributed by atoms with E-state index < -0.39 is 0 Å². The summed E-state index contributed by atoms with van der Waals surface area (Å²) in [6.45, 7) is 9.06. The molecule has 1 rings (SSSR count). The molecule has 102 valence electrons. The van der Waals surface area contributed by atoms with Crippen molar-refractivity contribution in [2.75, 3.05) is 39.6 Å². The Kier molecular flexibility index (Phi) is 8.61. The maximum Gasteiger partial charge on any atom is 0.0962 e. The van der Waals surface area contributed by atoms with Gasteiger partial charge in [0.1, 0.15) is 0 Å². The van der Waals surface area contributed by atoms with Gasteiger partial charge in [0.25, 0.3) is 0 Å².